The van der Waals surface area contributed by atoms with Crippen molar-refractivity contribution in [3.63, 3.8) is 0 Å². The van der Waals surface area contributed by atoms with Gasteiger partial charge in [0.25, 0.3) is 0 Å². The molecule has 3 unspecified atom stereocenters. The third kappa shape index (κ3) is 6.79. The zero-order valence-electron chi connectivity index (χ0n) is 19.1. The third-order valence-electron chi connectivity index (χ3n) is 7.23. The van der Waals surface area contributed by atoms with Crippen molar-refractivity contribution in [3.8, 4) is 0 Å². The van der Waals surface area contributed by atoms with E-state index in [1.165, 1.54) is 0 Å². The predicted octanol–water partition coefficient (Wildman–Crippen LogP) is 2.89. The van der Waals surface area contributed by atoms with Crippen molar-refractivity contribution < 1.29 is 18.0 Å². The summed E-state index contributed by atoms with van der Waals surface area (Å²) in [6.45, 7) is 7.85. The number of halogens is 3. The van der Waals surface area contributed by atoms with E-state index in [-0.39, 0.29) is 36.5 Å². The van der Waals surface area contributed by atoms with E-state index in [0.29, 0.717) is 37.9 Å². The first kappa shape index (κ1) is 24.7. The van der Waals surface area contributed by atoms with Crippen LogP contribution in [0.15, 0.2) is 0 Å². The third-order valence-corrected chi connectivity index (χ3v) is 7.23. The summed E-state index contributed by atoms with van der Waals surface area (Å²) in [5, 5.41) is 10.3. The fourth-order valence-electron chi connectivity index (χ4n) is 5.71. The number of carbonyl (C=O) groups excluding carboxylic acids is 1. The van der Waals surface area contributed by atoms with Crippen LogP contribution in [0.5, 0.6) is 0 Å². The molecule has 1 amide bonds. The Morgan fingerprint density at radius 3 is 2.39 bits per heavy atom. The van der Waals surface area contributed by atoms with Crippen molar-refractivity contribution in [1.29, 1.82) is 0 Å². The molecule has 3 rings (SSSR count). The highest BCUT2D eigenvalue weighted by Crippen LogP contribution is 2.43. The molecule has 0 aromatic carbocycles. The van der Waals surface area contributed by atoms with Gasteiger partial charge in [-0.05, 0) is 62.8 Å². The van der Waals surface area contributed by atoms with Gasteiger partial charge in [0.15, 0.2) is 0 Å². The molecule has 5 N–H and O–H groups in total. The maximum atomic E-state index is 13.1. The molecule has 9 heteroatoms. The summed E-state index contributed by atoms with van der Waals surface area (Å²) in [7, 11) is 0. The molecule has 1 saturated carbocycles. The van der Waals surface area contributed by atoms with E-state index in [9.17, 15) is 18.0 Å². The van der Waals surface area contributed by atoms with E-state index < -0.39 is 18.1 Å². The maximum absolute atomic E-state index is 13.1. The minimum absolute atomic E-state index is 0.0195. The number of rotatable bonds is 6. The maximum Gasteiger partial charge on any atom is 0.391 e. The van der Waals surface area contributed by atoms with E-state index >= 15 is 0 Å². The van der Waals surface area contributed by atoms with E-state index in [1.807, 2.05) is 0 Å². The van der Waals surface area contributed by atoms with Crippen molar-refractivity contribution in [2.45, 2.75) is 103 Å². The second-order valence-corrected chi connectivity index (χ2v) is 10.9. The molecule has 6 nitrogen and oxygen atoms in total. The molecule has 0 bridgehead atoms. The lowest BCUT2D eigenvalue weighted by atomic mass is 9.77. The molecule has 3 fully saturated rings. The molecule has 0 radical (unpaired) electrons. The lowest BCUT2D eigenvalue weighted by Crippen LogP contribution is -2.64. The zero-order chi connectivity index (χ0) is 22.8. The van der Waals surface area contributed by atoms with Crippen molar-refractivity contribution in [2.75, 3.05) is 13.2 Å². The molecule has 31 heavy (non-hydrogen) atoms. The average molecular weight is 448 g/mol. The number of amides is 1. The highest BCUT2D eigenvalue weighted by molar-refractivity contribution is 5.79. The van der Waals surface area contributed by atoms with E-state index in [4.69, 9.17) is 5.73 Å². The van der Waals surface area contributed by atoms with E-state index in [0.717, 1.165) is 25.8 Å². The Bertz CT molecular complexity index is 601. The van der Waals surface area contributed by atoms with Gasteiger partial charge in [0.1, 0.15) is 0 Å². The lowest BCUT2D eigenvalue weighted by Gasteiger charge is -2.44. The lowest BCUT2D eigenvalue weighted by molar-refractivity contribution is -0.185. The first-order chi connectivity index (χ1) is 14.4. The molecular formula is C22H40F3N5O. The molecule has 0 aromatic rings. The topological polar surface area (TPSA) is 82.4 Å². The summed E-state index contributed by atoms with van der Waals surface area (Å²) < 4.78 is 39.2. The fraction of sp³-hybridized carbons (Fsp3) is 0.955. The van der Waals surface area contributed by atoms with Crippen molar-refractivity contribution >= 4 is 5.91 Å². The molecule has 4 atom stereocenters. The van der Waals surface area contributed by atoms with Gasteiger partial charge in [0.2, 0.25) is 5.91 Å². The number of hydrogen-bond acceptors (Lipinski definition) is 5. The number of nitrogens with one attached hydrogen (secondary N) is 3. The average Bonchev–Trinajstić information content (AvgIpc) is 3.16. The summed E-state index contributed by atoms with van der Waals surface area (Å²) >= 11 is 0. The van der Waals surface area contributed by atoms with Gasteiger partial charge in [0, 0.05) is 19.1 Å². The van der Waals surface area contributed by atoms with Gasteiger partial charge in [-0.1, -0.05) is 20.8 Å². The second-order valence-electron chi connectivity index (χ2n) is 10.9. The van der Waals surface area contributed by atoms with Crippen LogP contribution < -0.4 is 21.7 Å². The minimum Gasteiger partial charge on any atom is -0.368 e. The van der Waals surface area contributed by atoms with Crippen LogP contribution in [0.3, 0.4) is 0 Å². The smallest absolute Gasteiger partial charge is 0.368 e. The fourth-order valence-corrected chi connectivity index (χ4v) is 5.71. The van der Waals surface area contributed by atoms with Crippen molar-refractivity contribution in [2.24, 2.45) is 23.0 Å². The molecule has 2 saturated heterocycles. The number of alkyl halides is 3. The highest BCUT2D eigenvalue weighted by atomic mass is 19.4. The van der Waals surface area contributed by atoms with Gasteiger partial charge in [-0.25, -0.2) is 0 Å². The number of nitrogens with zero attached hydrogens (tertiary/aromatic N) is 1. The SMILES string of the molecule is CC(C)(C)C[C@@H](NC1CC(N2CCCC2C2CCC(C(F)(F)F)CC2)NCN1)C(N)=O. The molecule has 2 aliphatic heterocycles. The van der Waals surface area contributed by atoms with Gasteiger partial charge >= 0.3 is 6.18 Å². The number of primary amides is 1. The monoisotopic (exact) mass is 447 g/mol. The molecule has 0 spiro atoms. The summed E-state index contributed by atoms with van der Waals surface area (Å²) in [6.07, 6.45) is 1.48. The molecule has 1 aliphatic carbocycles. The number of carbonyl (C=O) groups is 1. The van der Waals surface area contributed by atoms with Crippen LogP contribution in [0, 0.1) is 17.3 Å². The molecular weight excluding hydrogens is 407 g/mol. The Kier molecular flexibility index (Phi) is 7.92. The Balaban J connectivity index is 1.57. The normalized spacial score (nSPS) is 34.6. The van der Waals surface area contributed by atoms with Crippen molar-refractivity contribution in [3.05, 3.63) is 0 Å². The Hall–Kier alpha value is -0.900. The highest BCUT2D eigenvalue weighted by Gasteiger charge is 2.45. The zero-order valence-corrected chi connectivity index (χ0v) is 19.1. The van der Waals surface area contributed by atoms with Gasteiger partial charge in [-0.3, -0.25) is 25.6 Å². The predicted molar refractivity (Wildman–Crippen MR) is 115 cm³/mol. The van der Waals surface area contributed by atoms with Crippen LogP contribution in [-0.4, -0.2) is 54.6 Å². The molecule has 180 valence electrons. The minimum atomic E-state index is -4.06. The van der Waals surface area contributed by atoms with Crippen LogP contribution in [0.4, 0.5) is 13.2 Å². The molecule has 3 aliphatic rings. The van der Waals surface area contributed by atoms with Gasteiger partial charge in [-0.2, -0.15) is 13.2 Å². The standard InChI is InChI=1S/C22H40F3N5O/c1-21(2,3)12-16(20(26)31)29-18-11-19(28-13-27-18)30-10-4-5-17(30)14-6-8-15(9-7-14)22(23,24)25/h14-19,27-29H,4-13H2,1-3H3,(H2,26,31)/t14?,15?,16-,17?,18?,19?/m1/s1. The quantitative estimate of drug-likeness (QED) is 0.503. The molecule has 0 aromatic heterocycles. The van der Waals surface area contributed by atoms with Crippen LogP contribution in [0.1, 0.15) is 72.1 Å². The second kappa shape index (κ2) is 9.93. The summed E-state index contributed by atoms with van der Waals surface area (Å²) in [5.74, 6) is -1.13. The molecule has 2 heterocycles. The number of hydrogen-bond donors (Lipinski definition) is 4. The van der Waals surface area contributed by atoms with Crippen LogP contribution in [0.25, 0.3) is 0 Å². The van der Waals surface area contributed by atoms with Crippen LogP contribution in [0.2, 0.25) is 0 Å². The van der Waals surface area contributed by atoms with Crippen molar-refractivity contribution in [1.82, 2.24) is 20.9 Å². The number of likely N-dealkylation sites (tertiary alicyclic amines) is 1. The van der Waals surface area contributed by atoms with Gasteiger partial charge in [-0.15, -0.1) is 0 Å². The van der Waals surface area contributed by atoms with Crippen LogP contribution in [-0.2, 0) is 4.79 Å². The Morgan fingerprint density at radius 2 is 1.81 bits per heavy atom. The van der Waals surface area contributed by atoms with Crippen LogP contribution >= 0.6 is 0 Å². The largest absolute Gasteiger partial charge is 0.391 e. The van der Waals surface area contributed by atoms with Gasteiger partial charge in [0.05, 0.1) is 24.3 Å². The first-order valence-corrected chi connectivity index (χ1v) is 11.8. The first-order valence-electron chi connectivity index (χ1n) is 11.8. The van der Waals surface area contributed by atoms with E-state index in [2.05, 4.69) is 41.6 Å². The Morgan fingerprint density at radius 1 is 1.13 bits per heavy atom. The van der Waals surface area contributed by atoms with E-state index in [1.54, 1.807) is 0 Å². The summed E-state index contributed by atoms with van der Waals surface area (Å²) in [5.41, 5.74) is 5.62. The summed E-state index contributed by atoms with van der Waals surface area (Å²) in [6, 6.07) is -0.0600. The number of nitrogens with two attached hydrogens (primary N) is 1. The summed E-state index contributed by atoms with van der Waals surface area (Å²) in [4.78, 5) is 14.4. The Labute approximate surface area is 184 Å². The van der Waals surface area contributed by atoms with Gasteiger partial charge < -0.3 is 5.73 Å².